The smallest absolute Gasteiger partial charge is 0.337 e. The van der Waals surface area contributed by atoms with E-state index in [9.17, 15) is 19.2 Å². The number of benzene rings is 1. The van der Waals surface area contributed by atoms with Gasteiger partial charge in [0.25, 0.3) is 0 Å². The Balaban J connectivity index is 2.27. The molecule has 0 saturated heterocycles. The summed E-state index contributed by atoms with van der Waals surface area (Å²) in [6.45, 7) is 0. The molecule has 1 aliphatic rings. The monoisotopic (exact) mass is 365 g/mol. The zero-order chi connectivity index (χ0) is 18.6. The van der Waals surface area contributed by atoms with Gasteiger partial charge in [0.2, 0.25) is 11.8 Å². The number of rotatable bonds is 4. The molecule has 2 rings (SSSR count). The van der Waals surface area contributed by atoms with Crippen molar-refractivity contribution >= 4 is 46.4 Å². The average molecular weight is 365 g/mol. The van der Waals surface area contributed by atoms with E-state index in [1.54, 1.807) is 0 Å². The van der Waals surface area contributed by atoms with E-state index in [0.717, 1.165) is 11.8 Å². The van der Waals surface area contributed by atoms with Crippen LogP contribution in [0.15, 0.2) is 23.2 Å². The molecule has 1 aromatic rings. The van der Waals surface area contributed by atoms with E-state index in [4.69, 9.17) is 5.73 Å². The highest BCUT2D eigenvalue weighted by Gasteiger charge is 2.28. The van der Waals surface area contributed by atoms with Gasteiger partial charge in [-0.15, -0.1) is 0 Å². The van der Waals surface area contributed by atoms with Crippen molar-refractivity contribution in [3.05, 3.63) is 29.3 Å². The molecule has 2 amide bonds. The Bertz CT molecular complexity index is 742. The average Bonchev–Trinajstić information content (AvgIpc) is 2.59. The van der Waals surface area contributed by atoms with Gasteiger partial charge in [0, 0.05) is 5.69 Å². The Labute approximate surface area is 146 Å². The zero-order valence-corrected chi connectivity index (χ0v) is 14.2. The van der Waals surface area contributed by atoms with Gasteiger partial charge in [-0.1, -0.05) is 11.8 Å². The third kappa shape index (κ3) is 4.57. The van der Waals surface area contributed by atoms with Crippen molar-refractivity contribution < 1.29 is 28.7 Å². The Morgan fingerprint density at radius 2 is 1.72 bits per heavy atom. The Morgan fingerprint density at radius 3 is 2.20 bits per heavy atom. The lowest BCUT2D eigenvalue weighted by molar-refractivity contribution is -0.121. The number of ether oxygens (including phenoxy) is 2. The summed E-state index contributed by atoms with van der Waals surface area (Å²) < 4.78 is 9.25. The third-order valence-electron chi connectivity index (χ3n) is 3.19. The second-order valence-electron chi connectivity index (χ2n) is 4.93. The van der Waals surface area contributed by atoms with E-state index in [0.29, 0.717) is 0 Å². The Kier molecular flexibility index (Phi) is 5.75. The fourth-order valence-electron chi connectivity index (χ4n) is 2.08. The SMILES string of the molecule is COC(=O)c1cc(NC(=O)[C@@H]2CC(=O)N=C(N)S2)cc(C(=O)OC)c1. The molecule has 1 aromatic carbocycles. The van der Waals surface area contributed by atoms with Gasteiger partial charge in [-0.3, -0.25) is 9.59 Å². The van der Waals surface area contributed by atoms with Crippen LogP contribution in [0.4, 0.5) is 5.69 Å². The van der Waals surface area contributed by atoms with Crippen LogP contribution in [0.1, 0.15) is 27.1 Å². The first-order valence-electron chi connectivity index (χ1n) is 7.00. The van der Waals surface area contributed by atoms with Crippen LogP contribution < -0.4 is 11.1 Å². The summed E-state index contributed by atoms with van der Waals surface area (Å²) in [6.07, 6.45) is -0.0995. The molecule has 10 heteroatoms. The number of esters is 2. The van der Waals surface area contributed by atoms with Gasteiger partial charge in [0.05, 0.1) is 31.8 Å². The lowest BCUT2D eigenvalue weighted by atomic mass is 10.1. The van der Waals surface area contributed by atoms with Gasteiger partial charge in [0.1, 0.15) is 5.25 Å². The number of amidine groups is 1. The zero-order valence-electron chi connectivity index (χ0n) is 13.4. The van der Waals surface area contributed by atoms with Crippen LogP contribution in [0, 0.1) is 0 Å². The van der Waals surface area contributed by atoms with Crippen LogP contribution in [-0.2, 0) is 19.1 Å². The van der Waals surface area contributed by atoms with Crippen LogP contribution in [-0.4, -0.2) is 48.4 Å². The highest BCUT2D eigenvalue weighted by atomic mass is 32.2. The van der Waals surface area contributed by atoms with E-state index >= 15 is 0 Å². The molecule has 1 atom stereocenters. The summed E-state index contributed by atoms with van der Waals surface area (Å²) >= 11 is 0.959. The van der Waals surface area contributed by atoms with Crippen molar-refractivity contribution in [2.45, 2.75) is 11.7 Å². The first kappa shape index (κ1) is 18.5. The molecule has 0 aliphatic carbocycles. The molecular weight excluding hydrogens is 350 g/mol. The fraction of sp³-hybridized carbons (Fsp3) is 0.267. The van der Waals surface area contributed by atoms with Crippen LogP contribution in [0.5, 0.6) is 0 Å². The fourth-order valence-corrected chi connectivity index (χ4v) is 2.92. The lowest BCUT2D eigenvalue weighted by Crippen LogP contribution is -2.33. The van der Waals surface area contributed by atoms with Crippen molar-refractivity contribution in [2.24, 2.45) is 10.7 Å². The second kappa shape index (κ2) is 7.79. The highest BCUT2D eigenvalue weighted by molar-refractivity contribution is 8.15. The van der Waals surface area contributed by atoms with E-state index in [-0.39, 0.29) is 28.4 Å². The molecule has 0 radical (unpaired) electrons. The van der Waals surface area contributed by atoms with E-state index in [1.807, 2.05) is 0 Å². The number of nitrogens with one attached hydrogen (secondary N) is 1. The summed E-state index contributed by atoms with van der Waals surface area (Å²) in [7, 11) is 2.38. The number of thioether (sulfide) groups is 1. The van der Waals surface area contributed by atoms with Crippen molar-refractivity contribution in [3.63, 3.8) is 0 Å². The number of carbonyl (C=O) groups excluding carboxylic acids is 4. The standard InChI is InChI=1S/C15H15N3O6S/c1-23-13(21)7-3-8(14(22)24-2)5-9(4-7)17-12(20)10-6-11(19)18-15(16)25-10/h3-5,10H,6H2,1-2H3,(H,17,20)(H2,16,18,19)/t10-/m0/s1. The maximum atomic E-state index is 12.3. The minimum atomic E-state index is -0.756. The normalized spacial score (nSPS) is 16.6. The number of aliphatic imine (C=N–C) groups is 1. The number of amides is 2. The summed E-state index contributed by atoms with van der Waals surface area (Å²) in [6, 6.07) is 3.99. The molecule has 0 fully saturated rings. The molecule has 0 spiro atoms. The molecule has 132 valence electrons. The van der Waals surface area contributed by atoms with E-state index in [2.05, 4.69) is 19.8 Å². The topological polar surface area (TPSA) is 137 Å². The summed E-state index contributed by atoms with van der Waals surface area (Å²) in [4.78, 5) is 50.8. The number of nitrogens with two attached hydrogens (primary N) is 1. The molecule has 1 aliphatic heterocycles. The maximum absolute atomic E-state index is 12.3. The predicted molar refractivity (Wildman–Crippen MR) is 90.4 cm³/mol. The number of anilines is 1. The largest absolute Gasteiger partial charge is 0.465 e. The quantitative estimate of drug-likeness (QED) is 0.738. The maximum Gasteiger partial charge on any atom is 0.337 e. The summed E-state index contributed by atoms with van der Waals surface area (Å²) in [5, 5.41) is 1.81. The molecular formula is C15H15N3O6S. The first-order valence-corrected chi connectivity index (χ1v) is 7.88. The Hall–Kier alpha value is -2.88. The van der Waals surface area contributed by atoms with Crippen molar-refractivity contribution in [1.29, 1.82) is 0 Å². The molecule has 1 heterocycles. The van der Waals surface area contributed by atoms with Crippen LogP contribution in [0.25, 0.3) is 0 Å². The third-order valence-corrected chi connectivity index (χ3v) is 4.19. The molecule has 0 unspecified atom stereocenters. The Morgan fingerprint density at radius 1 is 1.16 bits per heavy atom. The number of hydrogen-bond donors (Lipinski definition) is 2. The van der Waals surface area contributed by atoms with Crippen molar-refractivity contribution in [1.82, 2.24) is 0 Å². The lowest BCUT2D eigenvalue weighted by Gasteiger charge is -2.18. The molecule has 3 N–H and O–H groups in total. The van der Waals surface area contributed by atoms with E-state index in [1.165, 1.54) is 32.4 Å². The van der Waals surface area contributed by atoms with Crippen LogP contribution in [0.2, 0.25) is 0 Å². The van der Waals surface area contributed by atoms with Gasteiger partial charge in [-0.2, -0.15) is 4.99 Å². The summed E-state index contributed by atoms with van der Waals surface area (Å²) in [5.74, 6) is -2.36. The van der Waals surface area contributed by atoms with Gasteiger partial charge in [0.15, 0.2) is 5.17 Å². The highest BCUT2D eigenvalue weighted by Crippen LogP contribution is 2.23. The number of carbonyl (C=O) groups is 4. The number of hydrogen-bond acceptors (Lipinski definition) is 8. The van der Waals surface area contributed by atoms with Crippen molar-refractivity contribution in [2.75, 3.05) is 19.5 Å². The molecule has 9 nitrogen and oxygen atoms in total. The predicted octanol–water partition coefficient (Wildman–Crippen LogP) is 0.545. The van der Waals surface area contributed by atoms with Crippen LogP contribution in [0.3, 0.4) is 0 Å². The molecule has 0 aromatic heterocycles. The molecule has 0 bridgehead atoms. The minimum Gasteiger partial charge on any atom is -0.465 e. The van der Waals surface area contributed by atoms with Gasteiger partial charge in [-0.05, 0) is 18.2 Å². The second-order valence-corrected chi connectivity index (χ2v) is 6.15. The first-order chi connectivity index (χ1) is 11.8. The van der Waals surface area contributed by atoms with Gasteiger partial charge < -0.3 is 20.5 Å². The number of nitrogens with zero attached hydrogens (tertiary/aromatic N) is 1. The van der Waals surface area contributed by atoms with Gasteiger partial charge in [-0.25, -0.2) is 9.59 Å². The van der Waals surface area contributed by atoms with E-state index < -0.39 is 29.0 Å². The van der Waals surface area contributed by atoms with Crippen LogP contribution >= 0.6 is 11.8 Å². The molecule has 25 heavy (non-hydrogen) atoms. The van der Waals surface area contributed by atoms with Gasteiger partial charge >= 0.3 is 11.9 Å². The summed E-state index contributed by atoms with van der Waals surface area (Å²) in [5.41, 5.74) is 5.81. The molecule has 0 saturated carbocycles. The minimum absolute atomic E-state index is 0.00922. The number of methoxy groups -OCH3 is 2. The van der Waals surface area contributed by atoms with Crippen molar-refractivity contribution in [3.8, 4) is 0 Å².